The minimum atomic E-state index is 0.255. The molecule has 0 radical (unpaired) electrons. The van der Waals surface area contributed by atoms with Crippen LogP contribution < -0.4 is 4.74 Å². The van der Waals surface area contributed by atoms with Crippen LogP contribution >= 0.6 is 12.2 Å². The average Bonchev–Trinajstić information content (AvgIpc) is 2.99. The maximum absolute atomic E-state index is 5.87. The van der Waals surface area contributed by atoms with Gasteiger partial charge in [0.25, 0.3) is 5.17 Å². The average molecular weight is 305 g/mol. The van der Waals surface area contributed by atoms with E-state index >= 15 is 0 Å². The molecule has 1 aromatic heterocycles. The van der Waals surface area contributed by atoms with E-state index in [9.17, 15) is 0 Å². The number of hydrogen-bond donors (Lipinski definition) is 0. The molecule has 0 spiro atoms. The first kappa shape index (κ1) is 12.9. The largest absolute Gasteiger partial charge is 0.430 e. The van der Waals surface area contributed by atoms with Gasteiger partial charge in [-0.3, -0.25) is 0 Å². The summed E-state index contributed by atoms with van der Waals surface area (Å²) in [5.41, 5.74) is 1.61. The molecule has 22 heavy (non-hydrogen) atoms. The molecular weight excluding hydrogens is 294 g/mol. The highest BCUT2D eigenvalue weighted by Gasteiger charge is 2.11. The van der Waals surface area contributed by atoms with Crippen molar-refractivity contribution in [3.05, 3.63) is 66.7 Å². The zero-order valence-corrected chi connectivity index (χ0v) is 12.3. The summed E-state index contributed by atoms with van der Waals surface area (Å²) in [6.45, 7) is 0. The Bertz CT molecular complexity index is 988. The molecule has 106 valence electrons. The van der Waals surface area contributed by atoms with Gasteiger partial charge in [-0.2, -0.15) is 4.68 Å². The van der Waals surface area contributed by atoms with Gasteiger partial charge in [0.05, 0.1) is 5.52 Å². The molecule has 5 heteroatoms. The number of para-hydroxylation sites is 1. The summed E-state index contributed by atoms with van der Waals surface area (Å²) in [5, 5.41) is 10.5. The van der Waals surface area contributed by atoms with Crippen LogP contribution in [0.3, 0.4) is 0 Å². The Kier molecular flexibility index (Phi) is 3.05. The Labute approximate surface area is 131 Å². The monoisotopic (exact) mass is 305 g/mol. The molecule has 1 heterocycles. The van der Waals surface area contributed by atoms with Crippen molar-refractivity contribution in [2.24, 2.45) is 0 Å². The number of hydrogen-bond acceptors (Lipinski definition) is 4. The fourth-order valence-corrected chi connectivity index (χ4v) is 2.65. The van der Waals surface area contributed by atoms with Crippen LogP contribution in [0.1, 0.15) is 0 Å². The van der Waals surface area contributed by atoms with Crippen LogP contribution in [0.25, 0.3) is 21.8 Å². The van der Waals surface area contributed by atoms with Crippen molar-refractivity contribution in [2.45, 2.75) is 0 Å². The Morgan fingerprint density at radius 1 is 0.909 bits per heavy atom. The maximum Gasteiger partial charge on any atom is 0.292 e. The van der Waals surface area contributed by atoms with Crippen molar-refractivity contribution in [1.82, 2.24) is 15.0 Å². The third-order valence-corrected chi connectivity index (χ3v) is 3.73. The molecule has 0 aliphatic rings. The Balaban J connectivity index is 1.75. The summed E-state index contributed by atoms with van der Waals surface area (Å²) in [5.74, 6) is 0.711. The van der Waals surface area contributed by atoms with Crippen LogP contribution in [0.2, 0.25) is 0 Å². The number of thiocarbonyl (C=S) groups is 1. The normalized spacial score (nSPS) is 10.9. The highest BCUT2D eigenvalue weighted by molar-refractivity contribution is 7.80. The summed E-state index contributed by atoms with van der Waals surface area (Å²) in [4.78, 5) is 0. The summed E-state index contributed by atoms with van der Waals surface area (Å²) in [6, 6.07) is 21.5. The molecule has 0 fully saturated rings. The highest BCUT2D eigenvalue weighted by Crippen LogP contribution is 2.25. The molecule has 0 saturated carbocycles. The van der Waals surface area contributed by atoms with E-state index in [1.165, 1.54) is 4.68 Å². The number of ether oxygens (including phenoxy) is 1. The molecule has 0 amide bonds. The first-order valence-corrected chi connectivity index (χ1v) is 7.24. The van der Waals surface area contributed by atoms with Gasteiger partial charge in [0.2, 0.25) is 0 Å². The number of nitrogens with zero attached hydrogens (tertiary/aromatic N) is 3. The quantitative estimate of drug-likeness (QED) is 0.502. The van der Waals surface area contributed by atoms with Gasteiger partial charge >= 0.3 is 0 Å². The molecule has 0 N–H and O–H groups in total. The standard InChI is InChI=1S/C17H11N3OS/c22-17(20-15-10-4-3-9-14(15)18-19-20)21-16-11-5-7-12-6-1-2-8-13(12)16/h1-11H. The summed E-state index contributed by atoms with van der Waals surface area (Å²) in [6.07, 6.45) is 0. The lowest BCUT2D eigenvalue weighted by atomic mass is 10.1. The van der Waals surface area contributed by atoms with E-state index in [1.807, 2.05) is 66.7 Å². The fourth-order valence-electron chi connectivity index (χ4n) is 2.43. The third-order valence-electron chi connectivity index (χ3n) is 3.47. The van der Waals surface area contributed by atoms with Crippen molar-refractivity contribution < 1.29 is 4.74 Å². The lowest BCUT2D eigenvalue weighted by molar-refractivity contribution is 0.534. The summed E-state index contributed by atoms with van der Waals surface area (Å²) < 4.78 is 7.41. The molecular formula is C17H11N3OS. The van der Waals surface area contributed by atoms with E-state index in [4.69, 9.17) is 17.0 Å². The minimum absolute atomic E-state index is 0.255. The van der Waals surface area contributed by atoms with Crippen LogP contribution in [-0.2, 0) is 0 Å². The van der Waals surface area contributed by atoms with Crippen molar-refractivity contribution in [2.75, 3.05) is 0 Å². The van der Waals surface area contributed by atoms with E-state index in [0.717, 1.165) is 21.8 Å². The van der Waals surface area contributed by atoms with Crippen molar-refractivity contribution in [3.8, 4) is 5.75 Å². The van der Waals surface area contributed by atoms with Gasteiger partial charge in [0.1, 0.15) is 11.3 Å². The molecule has 0 bridgehead atoms. The molecule has 0 atom stereocenters. The number of rotatable bonds is 1. The Hall–Kier alpha value is -2.79. The number of aromatic nitrogens is 3. The van der Waals surface area contributed by atoms with Gasteiger partial charge in [-0.25, -0.2) is 0 Å². The van der Waals surface area contributed by atoms with E-state index in [0.29, 0.717) is 5.75 Å². The smallest absolute Gasteiger partial charge is 0.292 e. The fraction of sp³-hybridized carbons (Fsp3) is 0. The van der Waals surface area contributed by atoms with Gasteiger partial charge in [0.15, 0.2) is 0 Å². The number of benzene rings is 3. The van der Waals surface area contributed by atoms with Gasteiger partial charge in [-0.15, -0.1) is 5.10 Å². The molecule has 0 aliphatic carbocycles. The van der Waals surface area contributed by atoms with Gasteiger partial charge in [-0.05, 0) is 35.8 Å². The predicted molar refractivity (Wildman–Crippen MR) is 90.1 cm³/mol. The third kappa shape index (κ3) is 2.12. The Morgan fingerprint density at radius 3 is 2.64 bits per heavy atom. The van der Waals surface area contributed by atoms with Crippen LogP contribution in [0.5, 0.6) is 5.75 Å². The molecule has 4 nitrogen and oxygen atoms in total. The second kappa shape index (κ2) is 5.20. The highest BCUT2D eigenvalue weighted by atomic mass is 32.1. The van der Waals surface area contributed by atoms with E-state index < -0.39 is 0 Å². The van der Waals surface area contributed by atoms with Crippen molar-refractivity contribution in [3.63, 3.8) is 0 Å². The van der Waals surface area contributed by atoms with E-state index in [1.54, 1.807) is 0 Å². The first-order valence-electron chi connectivity index (χ1n) is 6.83. The topological polar surface area (TPSA) is 39.9 Å². The predicted octanol–water partition coefficient (Wildman–Crippen LogP) is 3.80. The van der Waals surface area contributed by atoms with Gasteiger partial charge < -0.3 is 4.74 Å². The van der Waals surface area contributed by atoms with E-state index in [2.05, 4.69) is 10.3 Å². The molecule has 3 aromatic carbocycles. The SMILES string of the molecule is S=C(Oc1cccc2ccccc12)n1nnc2ccccc21. The maximum atomic E-state index is 5.87. The van der Waals surface area contributed by atoms with Crippen LogP contribution in [0.4, 0.5) is 0 Å². The second-order valence-corrected chi connectivity index (χ2v) is 5.18. The van der Waals surface area contributed by atoms with Crippen molar-refractivity contribution in [1.29, 1.82) is 0 Å². The zero-order valence-electron chi connectivity index (χ0n) is 11.5. The second-order valence-electron chi connectivity index (χ2n) is 4.84. The lowest BCUT2D eigenvalue weighted by Crippen LogP contribution is -2.18. The zero-order chi connectivity index (χ0) is 14.9. The van der Waals surface area contributed by atoms with Crippen LogP contribution in [0, 0.1) is 0 Å². The summed E-state index contributed by atoms with van der Waals surface area (Å²) >= 11 is 5.38. The molecule has 4 aromatic rings. The van der Waals surface area contributed by atoms with Crippen LogP contribution in [0.15, 0.2) is 66.7 Å². The van der Waals surface area contributed by atoms with E-state index in [-0.39, 0.29) is 5.17 Å². The van der Waals surface area contributed by atoms with Gasteiger partial charge in [-0.1, -0.05) is 53.7 Å². The lowest BCUT2D eigenvalue weighted by Gasteiger charge is -2.09. The van der Waals surface area contributed by atoms with Crippen molar-refractivity contribution >= 4 is 39.2 Å². The van der Waals surface area contributed by atoms with Gasteiger partial charge in [0, 0.05) is 5.39 Å². The summed E-state index contributed by atoms with van der Waals surface area (Å²) in [7, 11) is 0. The molecule has 0 unspecified atom stereocenters. The molecule has 0 aliphatic heterocycles. The Morgan fingerprint density at radius 2 is 1.68 bits per heavy atom. The first-order chi connectivity index (χ1) is 10.8. The number of fused-ring (bicyclic) bond motifs is 2. The minimum Gasteiger partial charge on any atom is -0.430 e. The molecule has 4 rings (SSSR count). The van der Waals surface area contributed by atoms with Crippen LogP contribution in [-0.4, -0.2) is 20.2 Å². The molecule has 0 saturated heterocycles.